The van der Waals surface area contributed by atoms with Gasteiger partial charge in [0.05, 0.1) is 0 Å². The first-order valence-corrected chi connectivity index (χ1v) is 7.70. The normalized spacial score (nSPS) is 22.4. The van der Waals surface area contributed by atoms with Crippen LogP contribution >= 0.6 is 23.4 Å². The molecule has 2 unspecified atom stereocenters. The second-order valence-electron chi connectivity index (χ2n) is 4.68. The molecule has 0 bridgehead atoms. The van der Waals surface area contributed by atoms with Crippen LogP contribution in [0.25, 0.3) is 0 Å². The Labute approximate surface area is 113 Å². The van der Waals surface area contributed by atoms with Crippen LogP contribution < -0.4 is 5.32 Å². The van der Waals surface area contributed by atoms with E-state index >= 15 is 0 Å². The highest BCUT2D eigenvalue weighted by Crippen LogP contribution is 2.35. The van der Waals surface area contributed by atoms with Crippen molar-refractivity contribution in [2.24, 2.45) is 0 Å². The SMILES string of the molecule is CNC(c1ccc(C)c(Cl)c1)C1CCCCS1. The van der Waals surface area contributed by atoms with E-state index in [0.717, 1.165) is 10.6 Å². The van der Waals surface area contributed by atoms with E-state index < -0.39 is 0 Å². The number of hydrogen-bond donors (Lipinski definition) is 1. The smallest absolute Gasteiger partial charge is 0.0438 e. The van der Waals surface area contributed by atoms with Crippen LogP contribution in [0.15, 0.2) is 18.2 Å². The lowest BCUT2D eigenvalue weighted by atomic mass is 9.98. The van der Waals surface area contributed by atoms with E-state index in [0.29, 0.717) is 11.3 Å². The highest BCUT2D eigenvalue weighted by molar-refractivity contribution is 8.00. The number of aryl methyl sites for hydroxylation is 1. The van der Waals surface area contributed by atoms with Gasteiger partial charge in [-0.15, -0.1) is 0 Å². The van der Waals surface area contributed by atoms with E-state index in [1.165, 1.54) is 30.6 Å². The maximum Gasteiger partial charge on any atom is 0.0438 e. The molecule has 94 valence electrons. The zero-order valence-corrected chi connectivity index (χ0v) is 12.1. The summed E-state index contributed by atoms with van der Waals surface area (Å²) in [5.74, 6) is 1.29. The average Bonchev–Trinajstić information content (AvgIpc) is 2.36. The Morgan fingerprint density at radius 3 is 2.82 bits per heavy atom. The summed E-state index contributed by atoms with van der Waals surface area (Å²) in [4.78, 5) is 0. The number of nitrogens with one attached hydrogen (secondary N) is 1. The second-order valence-corrected chi connectivity index (χ2v) is 6.43. The summed E-state index contributed by atoms with van der Waals surface area (Å²) >= 11 is 8.31. The molecule has 0 radical (unpaired) electrons. The third-order valence-electron chi connectivity index (χ3n) is 3.45. The van der Waals surface area contributed by atoms with Gasteiger partial charge in [0.15, 0.2) is 0 Å². The fourth-order valence-electron chi connectivity index (χ4n) is 2.40. The van der Waals surface area contributed by atoms with Crippen molar-refractivity contribution >= 4 is 23.4 Å². The van der Waals surface area contributed by atoms with Crippen LogP contribution in [0.4, 0.5) is 0 Å². The van der Waals surface area contributed by atoms with Gasteiger partial charge in [-0.2, -0.15) is 11.8 Å². The van der Waals surface area contributed by atoms with Gasteiger partial charge in [-0.25, -0.2) is 0 Å². The highest BCUT2D eigenvalue weighted by atomic mass is 35.5. The van der Waals surface area contributed by atoms with Crippen molar-refractivity contribution in [1.82, 2.24) is 5.32 Å². The van der Waals surface area contributed by atoms with E-state index in [1.54, 1.807) is 0 Å². The number of thioether (sulfide) groups is 1. The lowest BCUT2D eigenvalue weighted by molar-refractivity contribution is 0.516. The van der Waals surface area contributed by atoms with Crippen LogP contribution in [0.3, 0.4) is 0 Å². The van der Waals surface area contributed by atoms with E-state index in [9.17, 15) is 0 Å². The van der Waals surface area contributed by atoms with Crippen molar-refractivity contribution in [2.45, 2.75) is 37.5 Å². The second kappa shape index (κ2) is 6.12. The van der Waals surface area contributed by atoms with Gasteiger partial charge >= 0.3 is 0 Å². The van der Waals surface area contributed by atoms with Gasteiger partial charge in [-0.05, 0) is 49.8 Å². The molecule has 17 heavy (non-hydrogen) atoms. The van der Waals surface area contributed by atoms with Gasteiger partial charge in [-0.3, -0.25) is 0 Å². The monoisotopic (exact) mass is 269 g/mol. The highest BCUT2D eigenvalue weighted by Gasteiger charge is 2.24. The fraction of sp³-hybridized carbons (Fsp3) is 0.571. The van der Waals surface area contributed by atoms with Crippen LogP contribution in [-0.4, -0.2) is 18.1 Å². The number of halogens is 1. The predicted octanol–water partition coefficient (Wildman–Crippen LogP) is 4.19. The summed E-state index contributed by atoms with van der Waals surface area (Å²) in [6, 6.07) is 6.87. The van der Waals surface area contributed by atoms with E-state index in [2.05, 4.69) is 42.2 Å². The summed E-state index contributed by atoms with van der Waals surface area (Å²) < 4.78 is 0. The molecule has 0 aliphatic carbocycles. The molecule has 1 aliphatic heterocycles. The Morgan fingerprint density at radius 2 is 2.24 bits per heavy atom. The Bertz CT molecular complexity index is 374. The molecule has 1 aromatic rings. The minimum atomic E-state index is 0.429. The first kappa shape index (κ1) is 13.3. The predicted molar refractivity (Wildman–Crippen MR) is 78.1 cm³/mol. The van der Waals surface area contributed by atoms with Crippen molar-refractivity contribution in [3.8, 4) is 0 Å². The molecule has 1 heterocycles. The van der Waals surface area contributed by atoms with Crippen LogP contribution in [0.5, 0.6) is 0 Å². The summed E-state index contributed by atoms with van der Waals surface area (Å²) in [6.07, 6.45) is 4.03. The lowest BCUT2D eigenvalue weighted by Gasteiger charge is -2.30. The van der Waals surface area contributed by atoms with Gasteiger partial charge in [-0.1, -0.05) is 30.2 Å². The van der Waals surface area contributed by atoms with Crippen LogP contribution in [0.1, 0.15) is 36.4 Å². The zero-order valence-electron chi connectivity index (χ0n) is 10.5. The Morgan fingerprint density at radius 1 is 1.41 bits per heavy atom. The molecule has 1 aromatic carbocycles. The van der Waals surface area contributed by atoms with Crippen molar-refractivity contribution in [1.29, 1.82) is 0 Å². The van der Waals surface area contributed by atoms with Crippen LogP contribution in [0.2, 0.25) is 5.02 Å². The Hall–Kier alpha value is -0.180. The van der Waals surface area contributed by atoms with Crippen LogP contribution in [0, 0.1) is 6.92 Å². The molecule has 1 nitrogen and oxygen atoms in total. The molecule has 1 N–H and O–H groups in total. The van der Waals surface area contributed by atoms with E-state index in [-0.39, 0.29) is 0 Å². The molecule has 2 atom stereocenters. The molecule has 1 saturated heterocycles. The lowest BCUT2D eigenvalue weighted by Crippen LogP contribution is -2.29. The quantitative estimate of drug-likeness (QED) is 0.883. The van der Waals surface area contributed by atoms with Crippen LogP contribution in [-0.2, 0) is 0 Å². The van der Waals surface area contributed by atoms with Gasteiger partial charge < -0.3 is 5.32 Å². The van der Waals surface area contributed by atoms with Crippen molar-refractivity contribution < 1.29 is 0 Å². The first-order valence-electron chi connectivity index (χ1n) is 6.27. The molecular weight excluding hydrogens is 250 g/mol. The number of hydrogen-bond acceptors (Lipinski definition) is 2. The van der Waals surface area contributed by atoms with Crippen molar-refractivity contribution in [3.05, 3.63) is 34.3 Å². The third kappa shape index (κ3) is 3.18. The minimum absolute atomic E-state index is 0.429. The molecule has 3 heteroatoms. The molecule has 0 saturated carbocycles. The Balaban J connectivity index is 2.18. The van der Waals surface area contributed by atoms with E-state index in [4.69, 9.17) is 11.6 Å². The molecule has 0 amide bonds. The summed E-state index contributed by atoms with van der Waals surface area (Å²) in [7, 11) is 2.05. The number of benzene rings is 1. The summed E-state index contributed by atoms with van der Waals surface area (Å²) in [5, 5.41) is 5.02. The van der Waals surface area contributed by atoms with Gasteiger partial charge in [0.2, 0.25) is 0 Å². The molecule has 0 spiro atoms. The Kier molecular flexibility index (Phi) is 4.78. The first-order chi connectivity index (χ1) is 8.22. The summed E-state index contributed by atoms with van der Waals surface area (Å²) in [5.41, 5.74) is 2.48. The minimum Gasteiger partial charge on any atom is -0.312 e. The molecule has 0 aromatic heterocycles. The topological polar surface area (TPSA) is 12.0 Å². The third-order valence-corrected chi connectivity index (χ3v) is 5.32. The summed E-state index contributed by atoms with van der Waals surface area (Å²) in [6.45, 7) is 2.05. The molecule has 1 fully saturated rings. The molecule has 2 rings (SSSR count). The molecular formula is C14H20ClNS. The average molecular weight is 270 g/mol. The van der Waals surface area contributed by atoms with Gasteiger partial charge in [0, 0.05) is 16.3 Å². The van der Waals surface area contributed by atoms with Gasteiger partial charge in [0.1, 0.15) is 0 Å². The zero-order chi connectivity index (χ0) is 12.3. The van der Waals surface area contributed by atoms with Crippen molar-refractivity contribution in [3.63, 3.8) is 0 Å². The largest absolute Gasteiger partial charge is 0.312 e. The maximum absolute atomic E-state index is 6.22. The standard InChI is InChI=1S/C14H20ClNS/c1-10-6-7-11(9-12(10)15)14(16-2)13-5-3-4-8-17-13/h6-7,9,13-14,16H,3-5,8H2,1-2H3. The maximum atomic E-state index is 6.22. The van der Waals surface area contributed by atoms with Gasteiger partial charge in [0.25, 0.3) is 0 Å². The van der Waals surface area contributed by atoms with E-state index in [1.807, 2.05) is 7.05 Å². The fourth-order valence-corrected chi connectivity index (χ4v) is 4.08. The molecule has 1 aliphatic rings. The number of rotatable bonds is 3. The van der Waals surface area contributed by atoms with Crippen molar-refractivity contribution in [2.75, 3.05) is 12.8 Å².